The number of nitrogen functional groups attached to an aromatic ring is 1. The molecule has 2 rings (SSSR count). The van der Waals surface area contributed by atoms with Crippen molar-refractivity contribution >= 4 is 23.2 Å². The molecule has 0 aliphatic carbocycles. The van der Waals surface area contributed by atoms with E-state index in [0.29, 0.717) is 22.9 Å². The number of benzene rings is 1. The fourth-order valence-corrected chi connectivity index (χ4v) is 1.58. The molecular weight excluding hydrogens is 246 g/mol. The van der Waals surface area contributed by atoms with E-state index in [4.69, 9.17) is 10.5 Å². The first-order valence-electron chi connectivity index (χ1n) is 5.59. The van der Waals surface area contributed by atoms with E-state index >= 15 is 0 Å². The Kier molecular flexibility index (Phi) is 3.56. The minimum atomic E-state index is -0.399. The highest BCUT2D eigenvalue weighted by Crippen LogP contribution is 2.18. The predicted octanol–water partition coefficient (Wildman–Crippen LogP) is 1.65. The molecule has 2 aromatic rings. The number of nitrogens with one attached hydrogen (secondary N) is 2. The van der Waals surface area contributed by atoms with Crippen molar-refractivity contribution in [1.82, 2.24) is 9.78 Å². The van der Waals surface area contributed by atoms with Gasteiger partial charge in [-0.2, -0.15) is 5.10 Å². The normalized spacial score (nSPS) is 10.0. The Bertz CT molecular complexity index is 574. The van der Waals surface area contributed by atoms with Gasteiger partial charge in [-0.1, -0.05) is 6.07 Å². The van der Waals surface area contributed by atoms with Crippen molar-refractivity contribution in [3.8, 4) is 5.75 Å². The summed E-state index contributed by atoms with van der Waals surface area (Å²) in [6, 6.07) is 6.65. The average molecular weight is 261 g/mol. The van der Waals surface area contributed by atoms with Gasteiger partial charge < -0.3 is 15.8 Å². The molecule has 0 aliphatic heterocycles. The molecule has 0 aliphatic rings. The number of nitrogens with two attached hydrogens (primary N) is 1. The van der Waals surface area contributed by atoms with Crippen LogP contribution in [0.2, 0.25) is 0 Å². The Morgan fingerprint density at radius 1 is 1.42 bits per heavy atom. The van der Waals surface area contributed by atoms with E-state index in [-0.39, 0.29) is 0 Å². The number of carbonyl (C=O) groups is 1. The highest BCUT2D eigenvalue weighted by atomic mass is 16.5. The number of carbonyl (C=O) groups excluding carboxylic acids is 1. The molecule has 7 nitrogen and oxygen atoms in total. The van der Waals surface area contributed by atoms with E-state index < -0.39 is 6.03 Å². The molecule has 0 radical (unpaired) electrons. The van der Waals surface area contributed by atoms with E-state index in [1.165, 1.54) is 10.9 Å². The Hall–Kier alpha value is -2.70. The van der Waals surface area contributed by atoms with Crippen molar-refractivity contribution < 1.29 is 9.53 Å². The lowest BCUT2D eigenvalue weighted by Crippen LogP contribution is -2.21. The second kappa shape index (κ2) is 5.30. The molecule has 7 heteroatoms. The third-order valence-electron chi connectivity index (χ3n) is 2.53. The monoisotopic (exact) mass is 261 g/mol. The smallest absolute Gasteiger partial charge is 0.324 e. The van der Waals surface area contributed by atoms with Gasteiger partial charge in [0.2, 0.25) is 0 Å². The van der Waals surface area contributed by atoms with Crippen LogP contribution in [0.4, 0.5) is 22.0 Å². The van der Waals surface area contributed by atoms with Gasteiger partial charge in [0.15, 0.2) is 5.82 Å². The molecule has 4 N–H and O–H groups in total. The summed E-state index contributed by atoms with van der Waals surface area (Å²) in [5.74, 6) is 1.11. The number of aryl methyl sites for hydroxylation is 1. The number of aromatic nitrogens is 2. The minimum Gasteiger partial charge on any atom is -0.497 e. The number of hydrogen-bond acceptors (Lipinski definition) is 4. The van der Waals surface area contributed by atoms with Crippen LogP contribution < -0.4 is 21.1 Å². The fourth-order valence-electron chi connectivity index (χ4n) is 1.58. The van der Waals surface area contributed by atoms with Crippen LogP contribution in [0.15, 0.2) is 30.5 Å². The van der Waals surface area contributed by atoms with Crippen molar-refractivity contribution in [3.63, 3.8) is 0 Å². The molecule has 1 heterocycles. The first kappa shape index (κ1) is 12.7. The van der Waals surface area contributed by atoms with Gasteiger partial charge >= 0.3 is 6.03 Å². The van der Waals surface area contributed by atoms with Gasteiger partial charge in [0.25, 0.3) is 0 Å². The van der Waals surface area contributed by atoms with Crippen LogP contribution in [0.3, 0.4) is 0 Å². The Balaban J connectivity index is 2.05. The van der Waals surface area contributed by atoms with Gasteiger partial charge in [-0.05, 0) is 12.1 Å². The first-order valence-corrected chi connectivity index (χ1v) is 5.59. The number of hydrogen-bond donors (Lipinski definition) is 3. The predicted molar refractivity (Wildman–Crippen MR) is 73.3 cm³/mol. The first-order chi connectivity index (χ1) is 9.10. The topological polar surface area (TPSA) is 94.2 Å². The molecule has 100 valence electrons. The average Bonchev–Trinajstić information content (AvgIpc) is 2.71. The highest BCUT2D eigenvalue weighted by Gasteiger charge is 2.09. The molecule has 0 unspecified atom stereocenters. The fraction of sp³-hybridized carbons (Fsp3) is 0.167. The van der Waals surface area contributed by atoms with E-state index in [0.717, 1.165) is 0 Å². The largest absolute Gasteiger partial charge is 0.497 e. The quantitative estimate of drug-likeness (QED) is 0.783. The molecule has 1 aromatic heterocycles. The van der Waals surface area contributed by atoms with Gasteiger partial charge in [-0.3, -0.25) is 10.00 Å². The molecule has 0 bridgehead atoms. The number of methoxy groups -OCH3 is 1. The molecule has 0 saturated heterocycles. The van der Waals surface area contributed by atoms with Crippen LogP contribution >= 0.6 is 0 Å². The standard InChI is InChI=1S/C12H15N5O2/c1-17-11(10(13)7-14-17)16-12(18)15-8-4-3-5-9(6-8)19-2/h3-7H,13H2,1-2H3,(H2,15,16,18). The maximum atomic E-state index is 11.8. The second-order valence-electron chi connectivity index (χ2n) is 3.88. The van der Waals surface area contributed by atoms with Gasteiger partial charge in [0.05, 0.1) is 19.0 Å². The molecule has 1 aromatic carbocycles. The molecular formula is C12H15N5O2. The van der Waals surface area contributed by atoms with Gasteiger partial charge in [0.1, 0.15) is 5.75 Å². The van der Waals surface area contributed by atoms with Gasteiger partial charge in [0, 0.05) is 18.8 Å². The number of anilines is 3. The van der Waals surface area contributed by atoms with Gasteiger partial charge in [-0.25, -0.2) is 4.79 Å². The summed E-state index contributed by atoms with van der Waals surface area (Å²) in [4.78, 5) is 11.8. The lowest BCUT2D eigenvalue weighted by Gasteiger charge is -2.09. The molecule has 0 atom stereocenters. The lowest BCUT2D eigenvalue weighted by atomic mass is 10.3. The SMILES string of the molecule is COc1cccc(NC(=O)Nc2c(N)cnn2C)c1. The van der Waals surface area contributed by atoms with Crippen molar-refractivity contribution in [2.75, 3.05) is 23.5 Å². The maximum absolute atomic E-state index is 11.8. The summed E-state index contributed by atoms with van der Waals surface area (Å²) in [6.45, 7) is 0. The van der Waals surface area contributed by atoms with E-state index in [2.05, 4.69) is 15.7 Å². The molecule has 2 amide bonds. The lowest BCUT2D eigenvalue weighted by molar-refractivity contribution is 0.262. The summed E-state index contributed by atoms with van der Waals surface area (Å²) in [5, 5.41) is 9.24. The van der Waals surface area contributed by atoms with Gasteiger partial charge in [-0.15, -0.1) is 0 Å². The summed E-state index contributed by atoms with van der Waals surface area (Å²) in [6.07, 6.45) is 1.47. The summed E-state index contributed by atoms with van der Waals surface area (Å²) in [7, 11) is 3.26. The zero-order valence-electron chi connectivity index (χ0n) is 10.7. The van der Waals surface area contributed by atoms with Crippen molar-refractivity contribution in [3.05, 3.63) is 30.5 Å². The summed E-state index contributed by atoms with van der Waals surface area (Å²) < 4.78 is 6.56. The number of amides is 2. The number of rotatable bonds is 3. The second-order valence-corrected chi connectivity index (χ2v) is 3.88. The van der Waals surface area contributed by atoms with Crippen LogP contribution in [0.5, 0.6) is 5.75 Å². The van der Waals surface area contributed by atoms with Crippen molar-refractivity contribution in [2.24, 2.45) is 7.05 Å². The Labute approximate surface area is 110 Å². The van der Waals surface area contributed by atoms with E-state index in [9.17, 15) is 4.79 Å². The number of ether oxygens (including phenoxy) is 1. The number of nitrogens with zero attached hydrogens (tertiary/aromatic N) is 2. The minimum absolute atomic E-state index is 0.399. The van der Waals surface area contributed by atoms with Crippen LogP contribution in [-0.2, 0) is 7.05 Å². The Morgan fingerprint density at radius 3 is 2.84 bits per heavy atom. The maximum Gasteiger partial charge on any atom is 0.324 e. The van der Waals surface area contributed by atoms with Crippen molar-refractivity contribution in [1.29, 1.82) is 0 Å². The van der Waals surface area contributed by atoms with E-state index in [1.54, 1.807) is 38.4 Å². The van der Waals surface area contributed by atoms with E-state index in [1.807, 2.05) is 0 Å². The number of urea groups is 1. The Morgan fingerprint density at radius 2 is 2.21 bits per heavy atom. The third kappa shape index (κ3) is 2.95. The van der Waals surface area contributed by atoms with Crippen LogP contribution in [-0.4, -0.2) is 22.9 Å². The van der Waals surface area contributed by atoms with Crippen LogP contribution in [0.1, 0.15) is 0 Å². The molecule has 0 fully saturated rings. The highest BCUT2D eigenvalue weighted by molar-refractivity contribution is 6.00. The molecule has 19 heavy (non-hydrogen) atoms. The summed E-state index contributed by atoms with van der Waals surface area (Å²) >= 11 is 0. The van der Waals surface area contributed by atoms with Crippen LogP contribution in [0, 0.1) is 0 Å². The molecule has 0 spiro atoms. The zero-order chi connectivity index (χ0) is 13.8. The van der Waals surface area contributed by atoms with Crippen LogP contribution in [0.25, 0.3) is 0 Å². The zero-order valence-corrected chi connectivity index (χ0v) is 10.7. The molecule has 0 saturated carbocycles. The third-order valence-corrected chi connectivity index (χ3v) is 2.53. The summed E-state index contributed by atoms with van der Waals surface area (Å²) in [5.41, 5.74) is 6.71. The van der Waals surface area contributed by atoms with Crippen molar-refractivity contribution in [2.45, 2.75) is 0 Å².